The molecule has 0 amide bonds. The summed E-state index contributed by atoms with van der Waals surface area (Å²) in [5.74, 6) is -0.679. The molecule has 1 aromatic heterocycles. The van der Waals surface area contributed by atoms with Crippen LogP contribution in [0, 0.1) is 16.0 Å². The average Bonchev–Trinajstić information content (AvgIpc) is 2.38. The van der Waals surface area contributed by atoms with Crippen molar-refractivity contribution in [3.8, 4) is 0 Å². The lowest BCUT2D eigenvalue weighted by molar-refractivity contribution is -0.384. The van der Waals surface area contributed by atoms with Crippen LogP contribution in [0.5, 0.6) is 0 Å². The van der Waals surface area contributed by atoms with Crippen molar-refractivity contribution in [2.75, 3.05) is 11.4 Å². The van der Waals surface area contributed by atoms with E-state index >= 15 is 0 Å². The van der Waals surface area contributed by atoms with Crippen LogP contribution in [0.2, 0.25) is 0 Å². The van der Waals surface area contributed by atoms with Gasteiger partial charge in [0.05, 0.1) is 9.40 Å². The largest absolute Gasteiger partial charge is 0.480 e. The van der Waals surface area contributed by atoms with Crippen molar-refractivity contribution < 1.29 is 14.8 Å². The van der Waals surface area contributed by atoms with Gasteiger partial charge < -0.3 is 10.0 Å². The van der Waals surface area contributed by atoms with Crippen molar-refractivity contribution in [1.82, 2.24) is 4.98 Å². The first-order valence-corrected chi connectivity index (χ1v) is 6.98. The van der Waals surface area contributed by atoms with Crippen LogP contribution in [0.15, 0.2) is 16.9 Å². The van der Waals surface area contributed by atoms with Crippen molar-refractivity contribution in [3.63, 3.8) is 0 Å². The van der Waals surface area contributed by atoms with Crippen LogP contribution >= 0.6 is 15.9 Å². The number of carboxylic acid groups (broad SMARTS) is 1. The molecule has 2 unspecified atom stereocenters. The van der Waals surface area contributed by atoms with E-state index in [1.54, 1.807) is 4.90 Å². The first kappa shape index (κ1) is 14.7. The molecule has 1 fully saturated rings. The maximum atomic E-state index is 11.4. The molecule has 1 aromatic rings. The Bertz CT molecular complexity index is 552. The van der Waals surface area contributed by atoms with E-state index < -0.39 is 16.9 Å². The molecule has 0 saturated carbocycles. The predicted octanol–water partition coefficient (Wildman–Crippen LogP) is 2.44. The second kappa shape index (κ2) is 5.74. The molecule has 108 valence electrons. The van der Waals surface area contributed by atoms with Gasteiger partial charge >= 0.3 is 11.7 Å². The summed E-state index contributed by atoms with van der Waals surface area (Å²) in [5, 5.41) is 20.5. The second-order valence-electron chi connectivity index (χ2n) is 4.92. The molecular formula is C12H14BrN3O4. The van der Waals surface area contributed by atoms with Crippen LogP contribution in [0.4, 0.5) is 11.4 Å². The van der Waals surface area contributed by atoms with Gasteiger partial charge in [-0.15, -0.1) is 0 Å². The van der Waals surface area contributed by atoms with Gasteiger partial charge in [0.2, 0.25) is 0 Å². The van der Waals surface area contributed by atoms with Gasteiger partial charge in [0.1, 0.15) is 17.9 Å². The summed E-state index contributed by atoms with van der Waals surface area (Å²) < 4.78 is 0.438. The Kier molecular flexibility index (Phi) is 4.22. The van der Waals surface area contributed by atoms with Gasteiger partial charge in [0.15, 0.2) is 0 Å². The number of carboxylic acids is 1. The number of aliphatic carboxylic acids is 1. The summed E-state index contributed by atoms with van der Waals surface area (Å²) in [4.78, 5) is 27.4. The lowest BCUT2D eigenvalue weighted by Crippen LogP contribution is -2.47. The van der Waals surface area contributed by atoms with Crippen molar-refractivity contribution in [2.45, 2.75) is 25.8 Å². The van der Waals surface area contributed by atoms with E-state index in [0.717, 1.165) is 12.6 Å². The minimum Gasteiger partial charge on any atom is -0.480 e. The molecular weight excluding hydrogens is 330 g/mol. The second-order valence-corrected chi connectivity index (χ2v) is 5.78. The maximum absolute atomic E-state index is 11.4. The number of halogens is 1. The Labute approximate surface area is 123 Å². The van der Waals surface area contributed by atoms with Crippen LogP contribution in [0.3, 0.4) is 0 Å². The smallest absolute Gasteiger partial charge is 0.326 e. The van der Waals surface area contributed by atoms with Crippen molar-refractivity contribution in [2.24, 2.45) is 5.92 Å². The van der Waals surface area contributed by atoms with Crippen LogP contribution in [0.25, 0.3) is 0 Å². The molecule has 0 spiro atoms. The Morgan fingerprint density at radius 1 is 1.60 bits per heavy atom. The molecule has 0 aromatic carbocycles. The normalized spacial score (nSPS) is 22.6. The van der Waals surface area contributed by atoms with E-state index in [-0.39, 0.29) is 11.6 Å². The standard InChI is InChI=1S/C12H14BrN3O4/c1-7-2-3-15(9(4-7)12(17)18)11-8(13)5-14-6-10(11)16(19)20/h5-7,9H,2-4H2,1H3,(H,17,18). The third-order valence-corrected chi connectivity index (χ3v) is 4.07. The zero-order valence-corrected chi connectivity index (χ0v) is 12.4. The van der Waals surface area contributed by atoms with Gasteiger partial charge in [-0.2, -0.15) is 0 Å². The highest BCUT2D eigenvalue weighted by molar-refractivity contribution is 9.10. The molecule has 1 saturated heterocycles. The fraction of sp³-hybridized carbons (Fsp3) is 0.500. The number of aromatic nitrogens is 1. The number of piperidine rings is 1. The van der Waals surface area contributed by atoms with E-state index in [9.17, 15) is 20.0 Å². The molecule has 0 bridgehead atoms. The molecule has 0 radical (unpaired) electrons. The summed E-state index contributed by atoms with van der Waals surface area (Å²) >= 11 is 3.24. The van der Waals surface area contributed by atoms with Crippen molar-refractivity contribution in [3.05, 3.63) is 27.0 Å². The Morgan fingerprint density at radius 3 is 2.90 bits per heavy atom. The molecule has 2 heterocycles. The van der Waals surface area contributed by atoms with Gasteiger partial charge in [-0.3, -0.25) is 15.1 Å². The first-order chi connectivity index (χ1) is 9.41. The zero-order chi connectivity index (χ0) is 14.9. The molecule has 7 nitrogen and oxygen atoms in total. The number of hydrogen-bond acceptors (Lipinski definition) is 5. The van der Waals surface area contributed by atoms with Crippen molar-refractivity contribution >= 4 is 33.3 Å². The van der Waals surface area contributed by atoms with E-state index in [0.29, 0.717) is 23.1 Å². The quantitative estimate of drug-likeness (QED) is 0.668. The van der Waals surface area contributed by atoms with E-state index in [1.165, 1.54) is 6.20 Å². The number of anilines is 1. The van der Waals surface area contributed by atoms with E-state index in [4.69, 9.17) is 0 Å². The summed E-state index contributed by atoms with van der Waals surface area (Å²) in [6, 6.07) is -0.754. The Morgan fingerprint density at radius 2 is 2.30 bits per heavy atom. The lowest BCUT2D eigenvalue weighted by Gasteiger charge is -2.37. The van der Waals surface area contributed by atoms with E-state index in [2.05, 4.69) is 20.9 Å². The third kappa shape index (κ3) is 2.74. The molecule has 8 heteroatoms. The fourth-order valence-electron chi connectivity index (χ4n) is 2.48. The molecule has 2 rings (SSSR count). The first-order valence-electron chi connectivity index (χ1n) is 6.19. The van der Waals surface area contributed by atoms with Crippen molar-refractivity contribution in [1.29, 1.82) is 0 Å². The number of rotatable bonds is 3. The third-order valence-electron chi connectivity index (χ3n) is 3.49. The van der Waals surface area contributed by atoms with Crippen LogP contribution in [-0.4, -0.2) is 33.6 Å². The molecule has 20 heavy (non-hydrogen) atoms. The minimum absolute atomic E-state index is 0.180. The summed E-state index contributed by atoms with van der Waals surface area (Å²) in [5.41, 5.74) is 0.115. The summed E-state index contributed by atoms with van der Waals surface area (Å²) in [6.07, 6.45) is 3.87. The molecule has 0 aliphatic carbocycles. The van der Waals surface area contributed by atoms with Gasteiger partial charge in [0.25, 0.3) is 0 Å². The molecule has 2 atom stereocenters. The van der Waals surface area contributed by atoms with Gasteiger partial charge in [-0.1, -0.05) is 6.92 Å². The lowest BCUT2D eigenvalue weighted by atomic mass is 9.92. The fourth-order valence-corrected chi connectivity index (χ4v) is 3.03. The highest BCUT2D eigenvalue weighted by Crippen LogP contribution is 2.39. The van der Waals surface area contributed by atoms with Gasteiger partial charge in [-0.05, 0) is 34.7 Å². The average molecular weight is 344 g/mol. The summed E-state index contributed by atoms with van der Waals surface area (Å²) in [6.45, 7) is 2.46. The number of hydrogen-bond donors (Lipinski definition) is 1. The number of pyridine rings is 1. The number of nitro groups is 1. The van der Waals surface area contributed by atoms with Crippen LogP contribution in [-0.2, 0) is 4.79 Å². The molecule has 1 N–H and O–H groups in total. The predicted molar refractivity (Wildman–Crippen MR) is 75.8 cm³/mol. The monoisotopic (exact) mass is 343 g/mol. The SMILES string of the molecule is CC1CCN(c2c(Br)cncc2[N+](=O)[O-])C(C(=O)O)C1. The van der Waals surface area contributed by atoms with Crippen LogP contribution in [0.1, 0.15) is 19.8 Å². The molecule has 1 aliphatic heterocycles. The Balaban J connectivity index is 2.48. The molecule has 1 aliphatic rings. The zero-order valence-electron chi connectivity index (χ0n) is 10.8. The Hall–Kier alpha value is -1.70. The summed E-state index contributed by atoms with van der Waals surface area (Å²) in [7, 11) is 0. The van der Waals surface area contributed by atoms with Gasteiger partial charge in [0, 0.05) is 12.7 Å². The highest BCUT2D eigenvalue weighted by Gasteiger charge is 2.36. The highest BCUT2D eigenvalue weighted by atomic mass is 79.9. The minimum atomic E-state index is -0.963. The maximum Gasteiger partial charge on any atom is 0.326 e. The topological polar surface area (TPSA) is 96.6 Å². The van der Waals surface area contributed by atoms with Crippen LogP contribution < -0.4 is 4.90 Å². The van der Waals surface area contributed by atoms with E-state index in [1.807, 2.05) is 6.92 Å². The number of nitrogens with zero attached hydrogens (tertiary/aromatic N) is 3. The number of carbonyl (C=O) groups is 1. The van der Waals surface area contributed by atoms with Gasteiger partial charge in [-0.25, -0.2) is 4.79 Å².